The molecule has 2 aromatic rings. The minimum Gasteiger partial charge on any atom is -0.492 e. The van der Waals surface area contributed by atoms with Crippen molar-refractivity contribution >= 4 is 5.57 Å². The lowest BCUT2D eigenvalue weighted by molar-refractivity contribution is -0.0778. The number of ether oxygens (including phenoxy) is 2. The van der Waals surface area contributed by atoms with Crippen LogP contribution in [0.2, 0.25) is 0 Å². The molecule has 0 amide bonds. The summed E-state index contributed by atoms with van der Waals surface area (Å²) in [5.74, 6) is 0.576. The van der Waals surface area contributed by atoms with Gasteiger partial charge in [-0.2, -0.15) is 0 Å². The van der Waals surface area contributed by atoms with Crippen LogP contribution in [-0.2, 0) is 4.74 Å². The van der Waals surface area contributed by atoms with Crippen molar-refractivity contribution in [3.63, 3.8) is 0 Å². The number of hydrogen-bond acceptors (Lipinski definition) is 2. The molecular formula is C20H19FO2. The van der Waals surface area contributed by atoms with E-state index in [1.807, 2.05) is 32.0 Å². The number of hydrogen-bond donors (Lipinski definition) is 0. The highest BCUT2D eigenvalue weighted by Gasteiger charge is 2.41. The normalized spacial score (nSPS) is 24.9. The van der Waals surface area contributed by atoms with Crippen LogP contribution >= 0.6 is 0 Å². The Morgan fingerprint density at radius 3 is 2.65 bits per heavy atom. The van der Waals surface area contributed by atoms with Gasteiger partial charge in [0.1, 0.15) is 11.6 Å². The highest BCUT2D eigenvalue weighted by molar-refractivity contribution is 5.75. The van der Waals surface area contributed by atoms with Crippen LogP contribution in [0.3, 0.4) is 0 Å². The maximum atomic E-state index is 13.8. The summed E-state index contributed by atoms with van der Waals surface area (Å²) < 4.78 is 26.0. The van der Waals surface area contributed by atoms with Crippen LogP contribution < -0.4 is 4.74 Å². The first-order valence-corrected chi connectivity index (χ1v) is 7.92. The van der Waals surface area contributed by atoms with Crippen molar-refractivity contribution in [3.8, 4) is 5.75 Å². The zero-order valence-corrected chi connectivity index (χ0v) is 13.3. The molecule has 2 nitrogen and oxygen atoms in total. The summed E-state index contributed by atoms with van der Waals surface area (Å²) in [6.07, 6.45) is 2.01. The van der Waals surface area contributed by atoms with E-state index < -0.39 is 5.60 Å². The van der Waals surface area contributed by atoms with E-state index in [-0.39, 0.29) is 17.8 Å². The van der Waals surface area contributed by atoms with E-state index in [9.17, 15) is 4.39 Å². The molecule has 0 spiro atoms. The van der Waals surface area contributed by atoms with Gasteiger partial charge in [0.25, 0.3) is 0 Å². The Morgan fingerprint density at radius 2 is 1.87 bits per heavy atom. The number of fused-ring (bicyclic) bond motifs is 3. The summed E-state index contributed by atoms with van der Waals surface area (Å²) in [6.45, 7) is 4.63. The minimum absolute atomic E-state index is 0.0692. The molecular weight excluding hydrogens is 291 g/mol. The molecule has 2 atom stereocenters. The molecule has 0 N–H and O–H groups in total. The van der Waals surface area contributed by atoms with Crippen LogP contribution in [0.1, 0.15) is 31.1 Å². The molecule has 0 aromatic heterocycles. The van der Waals surface area contributed by atoms with Gasteiger partial charge in [0.2, 0.25) is 0 Å². The van der Waals surface area contributed by atoms with Gasteiger partial charge >= 0.3 is 0 Å². The van der Waals surface area contributed by atoms with Crippen molar-refractivity contribution in [3.05, 3.63) is 71.6 Å². The fraction of sp³-hybridized carbons (Fsp3) is 0.300. The SMILES string of the molecule is CC1(C)C=C2c3cc(F)ccc3OC[C@@H]2[C@@H](c2ccccc2)O1. The average Bonchev–Trinajstić information content (AvgIpc) is 2.54. The van der Waals surface area contributed by atoms with Crippen molar-refractivity contribution in [2.45, 2.75) is 25.6 Å². The van der Waals surface area contributed by atoms with E-state index in [0.717, 1.165) is 22.4 Å². The molecule has 118 valence electrons. The fourth-order valence-corrected chi connectivity index (χ4v) is 3.52. The van der Waals surface area contributed by atoms with Crippen LogP contribution in [0.4, 0.5) is 4.39 Å². The van der Waals surface area contributed by atoms with Gasteiger partial charge in [-0.15, -0.1) is 0 Å². The highest BCUT2D eigenvalue weighted by Crippen LogP contribution is 2.49. The standard InChI is InChI=1S/C20H19FO2/c1-20(2)11-16-15-10-14(21)8-9-18(15)22-12-17(16)19(23-20)13-6-4-3-5-7-13/h3-11,17,19H,12H2,1-2H3/t17-,19+/m0/s1. The molecule has 2 aromatic carbocycles. The molecule has 4 rings (SSSR count). The lowest BCUT2D eigenvalue weighted by Crippen LogP contribution is -2.38. The first-order valence-electron chi connectivity index (χ1n) is 7.92. The Balaban J connectivity index is 1.84. The van der Waals surface area contributed by atoms with Crippen LogP contribution in [0.25, 0.3) is 5.57 Å². The van der Waals surface area contributed by atoms with Crippen LogP contribution in [0.5, 0.6) is 5.75 Å². The predicted octanol–water partition coefficient (Wildman–Crippen LogP) is 4.77. The smallest absolute Gasteiger partial charge is 0.127 e. The first kappa shape index (κ1) is 14.5. The van der Waals surface area contributed by atoms with E-state index in [1.54, 1.807) is 12.1 Å². The highest BCUT2D eigenvalue weighted by atomic mass is 19.1. The lowest BCUT2D eigenvalue weighted by Gasteiger charge is -2.43. The summed E-state index contributed by atoms with van der Waals surface area (Å²) in [6, 6.07) is 14.9. The van der Waals surface area contributed by atoms with Crippen LogP contribution in [0.15, 0.2) is 54.6 Å². The monoisotopic (exact) mass is 310 g/mol. The van der Waals surface area contributed by atoms with E-state index in [1.165, 1.54) is 6.07 Å². The molecule has 3 heteroatoms. The van der Waals surface area contributed by atoms with E-state index >= 15 is 0 Å². The van der Waals surface area contributed by atoms with E-state index in [2.05, 4.69) is 18.2 Å². The fourth-order valence-electron chi connectivity index (χ4n) is 3.52. The van der Waals surface area contributed by atoms with Crippen molar-refractivity contribution in [2.75, 3.05) is 6.61 Å². The Morgan fingerprint density at radius 1 is 1.09 bits per heavy atom. The van der Waals surface area contributed by atoms with Gasteiger partial charge in [0.05, 0.1) is 18.3 Å². The van der Waals surface area contributed by atoms with E-state index in [0.29, 0.717) is 6.61 Å². The zero-order chi connectivity index (χ0) is 16.0. The van der Waals surface area contributed by atoms with Crippen molar-refractivity contribution < 1.29 is 13.9 Å². The molecule has 0 fully saturated rings. The third-order valence-electron chi connectivity index (χ3n) is 4.50. The molecule has 2 aliphatic heterocycles. The van der Waals surface area contributed by atoms with Gasteiger partial charge in [-0.3, -0.25) is 0 Å². The maximum Gasteiger partial charge on any atom is 0.127 e. The second kappa shape index (κ2) is 5.20. The second-order valence-electron chi connectivity index (χ2n) is 6.71. The first-order chi connectivity index (χ1) is 11.0. The van der Waals surface area contributed by atoms with E-state index in [4.69, 9.17) is 9.47 Å². The number of benzene rings is 2. The molecule has 23 heavy (non-hydrogen) atoms. The average molecular weight is 310 g/mol. The third-order valence-corrected chi connectivity index (χ3v) is 4.50. The molecule has 0 aliphatic carbocycles. The Kier molecular flexibility index (Phi) is 3.27. The Hall–Kier alpha value is -2.13. The molecule has 2 aliphatic rings. The molecule has 0 radical (unpaired) electrons. The molecule has 0 saturated heterocycles. The maximum absolute atomic E-state index is 13.8. The summed E-state index contributed by atoms with van der Waals surface area (Å²) >= 11 is 0. The summed E-state index contributed by atoms with van der Waals surface area (Å²) in [4.78, 5) is 0. The molecule has 0 saturated carbocycles. The summed E-state index contributed by atoms with van der Waals surface area (Å²) in [7, 11) is 0. The summed E-state index contributed by atoms with van der Waals surface area (Å²) in [5, 5.41) is 0. The Labute approximate surface area is 135 Å². The van der Waals surface area contributed by atoms with Crippen molar-refractivity contribution in [1.29, 1.82) is 0 Å². The molecule has 0 unspecified atom stereocenters. The quantitative estimate of drug-likeness (QED) is 0.755. The van der Waals surface area contributed by atoms with Gasteiger partial charge < -0.3 is 9.47 Å². The zero-order valence-electron chi connectivity index (χ0n) is 13.3. The predicted molar refractivity (Wildman–Crippen MR) is 87.7 cm³/mol. The third kappa shape index (κ3) is 2.55. The number of halogens is 1. The van der Waals surface area contributed by atoms with Gasteiger partial charge in [0, 0.05) is 11.5 Å². The largest absolute Gasteiger partial charge is 0.492 e. The van der Waals surface area contributed by atoms with Crippen molar-refractivity contribution in [1.82, 2.24) is 0 Å². The summed E-state index contributed by atoms with van der Waals surface area (Å²) in [5.41, 5.74) is 2.68. The van der Waals surface area contributed by atoms with Crippen molar-refractivity contribution in [2.24, 2.45) is 5.92 Å². The molecule has 0 bridgehead atoms. The number of rotatable bonds is 1. The minimum atomic E-state index is -0.409. The molecule has 2 heterocycles. The second-order valence-corrected chi connectivity index (χ2v) is 6.71. The van der Waals surface area contributed by atoms with Gasteiger partial charge in [-0.25, -0.2) is 4.39 Å². The van der Waals surface area contributed by atoms with Crippen LogP contribution in [0, 0.1) is 11.7 Å². The van der Waals surface area contributed by atoms with Gasteiger partial charge in [0.15, 0.2) is 0 Å². The van der Waals surface area contributed by atoms with Gasteiger partial charge in [-0.05, 0) is 49.3 Å². The lowest BCUT2D eigenvalue weighted by atomic mass is 9.79. The Bertz CT molecular complexity index is 764. The van der Waals surface area contributed by atoms with Crippen LogP contribution in [-0.4, -0.2) is 12.2 Å². The van der Waals surface area contributed by atoms with Gasteiger partial charge in [-0.1, -0.05) is 30.3 Å². The topological polar surface area (TPSA) is 18.5 Å².